The molecule has 2 aromatic carbocycles. The summed E-state index contributed by atoms with van der Waals surface area (Å²) in [4.78, 5) is 12.2. The predicted octanol–water partition coefficient (Wildman–Crippen LogP) is 3.77. The largest absolute Gasteiger partial charge is 0.444 e. The van der Waals surface area contributed by atoms with Crippen LogP contribution in [0.15, 0.2) is 54.6 Å². The third-order valence-electron chi connectivity index (χ3n) is 3.34. The van der Waals surface area contributed by atoms with Gasteiger partial charge in [-0.15, -0.1) is 0 Å². The summed E-state index contributed by atoms with van der Waals surface area (Å²) in [6, 6.07) is 15.7. The monoisotopic (exact) mass is 407 g/mol. The zero-order valence-corrected chi connectivity index (χ0v) is 17.2. The fourth-order valence-electron chi connectivity index (χ4n) is 2.26. The van der Waals surface area contributed by atoms with Crippen molar-refractivity contribution in [2.45, 2.75) is 39.2 Å². The number of alkyl carbamates (subject to hydrolysis) is 1. The van der Waals surface area contributed by atoms with Gasteiger partial charge in [0.25, 0.3) is 0 Å². The van der Waals surface area contributed by atoms with E-state index in [0.29, 0.717) is 5.56 Å². The van der Waals surface area contributed by atoms with Gasteiger partial charge in [0.2, 0.25) is 0 Å². The summed E-state index contributed by atoms with van der Waals surface area (Å²) in [5.74, 6) is 0.172. The van der Waals surface area contributed by atoms with Gasteiger partial charge in [0.05, 0.1) is 12.9 Å². The van der Waals surface area contributed by atoms with Crippen molar-refractivity contribution in [2.75, 3.05) is 6.26 Å². The van der Waals surface area contributed by atoms with E-state index in [2.05, 4.69) is 5.32 Å². The van der Waals surface area contributed by atoms with Crippen LogP contribution in [0.3, 0.4) is 0 Å². The molecule has 0 radical (unpaired) electrons. The lowest BCUT2D eigenvalue weighted by Crippen LogP contribution is -2.36. The lowest BCUT2D eigenvalue weighted by Gasteiger charge is -2.24. The van der Waals surface area contributed by atoms with E-state index in [1.165, 1.54) is 12.1 Å². The molecule has 0 aliphatic rings. The molecule has 1 unspecified atom stereocenters. The second-order valence-electron chi connectivity index (χ2n) is 7.18. The van der Waals surface area contributed by atoms with Gasteiger partial charge in [0.1, 0.15) is 11.4 Å². The molecule has 8 heteroatoms. The van der Waals surface area contributed by atoms with E-state index in [4.69, 9.17) is 13.7 Å². The molecule has 0 aliphatic heterocycles. The molecular weight excluding hydrogens is 382 g/mol. The Balaban J connectivity index is 2.15. The van der Waals surface area contributed by atoms with Crippen LogP contribution >= 0.6 is 0 Å². The summed E-state index contributed by atoms with van der Waals surface area (Å²) >= 11 is 0. The van der Waals surface area contributed by atoms with Crippen molar-refractivity contribution in [1.29, 1.82) is 0 Å². The summed E-state index contributed by atoms with van der Waals surface area (Å²) in [5, 5.41) is 2.69. The van der Waals surface area contributed by atoms with Crippen LogP contribution in [0, 0.1) is 0 Å². The molecule has 0 fully saturated rings. The molecular formula is C20H25NO6S. The number of ether oxygens (including phenoxy) is 2. The van der Waals surface area contributed by atoms with Crippen LogP contribution in [0.4, 0.5) is 4.79 Å². The number of hydrogen-bond acceptors (Lipinski definition) is 6. The Morgan fingerprint density at radius 2 is 1.64 bits per heavy atom. The van der Waals surface area contributed by atoms with E-state index in [1.807, 2.05) is 30.3 Å². The van der Waals surface area contributed by atoms with Gasteiger partial charge in [-0.2, -0.15) is 8.42 Å². The molecule has 0 spiro atoms. The molecule has 7 nitrogen and oxygen atoms in total. The van der Waals surface area contributed by atoms with Crippen molar-refractivity contribution in [1.82, 2.24) is 5.32 Å². The van der Waals surface area contributed by atoms with E-state index in [9.17, 15) is 13.2 Å². The minimum atomic E-state index is -3.62. The molecule has 1 N–H and O–H groups in total. The smallest absolute Gasteiger partial charge is 0.409 e. The quantitative estimate of drug-likeness (QED) is 0.555. The van der Waals surface area contributed by atoms with Crippen LogP contribution in [0.2, 0.25) is 0 Å². The second-order valence-corrected chi connectivity index (χ2v) is 8.75. The average molecular weight is 407 g/mol. The van der Waals surface area contributed by atoms with Crippen LogP contribution in [0.1, 0.15) is 38.1 Å². The first-order chi connectivity index (χ1) is 13.0. The van der Waals surface area contributed by atoms with Crippen LogP contribution in [-0.2, 0) is 26.2 Å². The Morgan fingerprint density at radius 1 is 1.04 bits per heavy atom. The minimum Gasteiger partial charge on any atom is -0.444 e. The van der Waals surface area contributed by atoms with Gasteiger partial charge < -0.3 is 13.7 Å². The lowest BCUT2D eigenvalue weighted by molar-refractivity contribution is -0.00262. The van der Waals surface area contributed by atoms with Crippen LogP contribution in [0.25, 0.3) is 0 Å². The molecule has 0 heterocycles. The molecule has 0 bridgehead atoms. The second kappa shape index (κ2) is 9.07. The van der Waals surface area contributed by atoms with Crippen molar-refractivity contribution in [3.05, 3.63) is 65.7 Å². The van der Waals surface area contributed by atoms with Crippen molar-refractivity contribution >= 4 is 16.2 Å². The maximum absolute atomic E-state index is 12.2. The fourth-order valence-corrected chi connectivity index (χ4v) is 2.72. The summed E-state index contributed by atoms with van der Waals surface area (Å²) in [6.07, 6.45) is -0.444. The Kier molecular flexibility index (Phi) is 7.04. The topological polar surface area (TPSA) is 90.9 Å². The fraction of sp³-hybridized carbons (Fsp3) is 0.350. The third-order valence-corrected chi connectivity index (χ3v) is 3.83. The van der Waals surface area contributed by atoms with Crippen molar-refractivity contribution in [2.24, 2.45) is 0 Å². The molecule has 0 aliphatic carbocycles. The van der Waals surface area contributed by atoms with E-state index in [1.54, 1.807) is 32.9 Å². The average Bonchev–Trinajstić information content (AvgIpc) is 2.57. The standard InChI is InChI=1S/C20H25NO6S/c1-20(2,3)26-19(22)21-18(25-14-15-8-6-5-7-9-15)16-10-12-17(13-11-16)27-28(4,23)24/h5-13,18H,14H2,1-4H3,(H,21,22). The molecule has 152 valence electrons. The third kappa shape index (κ3) is 7.98. The molecule has 0 aromatic heterocycles. The van der Waals surface area contributed by atoms with Gasteiger partial charge in [-0.1, -0.05) is 42.5 Å². The SMILES string of the molecule is CC(C)(C)OC(=O)NC(OCc1ccccc1)c1ccc(OS(C)(=O)=O)cc1. The van der Waals surface area contributed by atoms with Gasteiger partial charge in [-0.25, -0.2) is 4.79 Å². The lowest BCUT2D eigenvalue weighted by atomic mass is 10.2. The summed E-state index contributed by atoms with van der Waals surface area (Å²) in [5.41, 5.74) is 0.902. The summed E-state index contributed by atoms with van der Waals surface area (Å²) < 4.78 is 38.5. The zero-order chi connectivity index (χ0) is 20.8. The molecule has 2 rings (SSSR count). The number of rotatable bonds is 7. The summed E-state index contributed by atoms with van der Waals surface area (Å²) in [6.45, 7) is 5.57. The van der Waals surface area contributed by atoms with Gasteiger partial charge in [0, 0.05) is 5.56 Å². The van der Waals surface area contributed by atoms with E-state index >= 15 is 0 Å². The Bertz CT molecular complexity index is 873. The Hall–Kier alpha value is -2.58. The number of carbonyl (C=O) groups is 1. The van der Waals surface area contributed by atoms with Crippen LogP contribution in [0.5, 0.6) is 5.75 Å². The molecule has 1 atom stereocenters. The highest BCUT2D eigenvalue weighted by Gasteiger charge is 2.21. The maximum Gasteiger partial charge on any atom is 0.409 e. The van der Waals surface area contributed by atoms with Gasteiger partial charge in [-0.05, 0) is 38.5 Å². The molecule has 1 amide bonds. The predicted molar refractivity (Wildman–Crippen MR) is 105 cm³/mol. The summed E-state index contributed by atoms with van der Waals surface area (Å²) in [7, 11) is -3.62. The normalized spacial score (nSPS) is 12.9. The van der Waals surface area contributed by atoms with Crippen LogP contribution in [-0.4, -0.2) is 26.4 Å². The van der Waals surface area contributed by atoms with Crippen molar-refractivity contribution in [3.8, 4) is 5.75 Å². The van der Waals surface area contributed by atoms with Crippen molar-refractivity contribution < 1.29 is 26.9 Å². The Labute approximate surface area is 165 Å². The van der Waals surface area contributed by atoms with Gasteiger partial charge in [-0.3, -0.25) is 5.32 Å². The first-order valence-corrected chi connectivity index (χ1v) is 10.5. The van der Waals surface area contributed by atoms with Crippen molar-refractivity contribution in [3.63, 3.8) is 0 Å². The minimum absolute atomic E-state index is 0.172. The van der Waals surface area contributed by atoms with E-state index in [0.717, 1.165) is 11.8 Å². The van der Waals surface area contributed by atoms with E-state index < -0.39 is 28.0 Å². The maximum atomic E-state index is 12.2. The first kappa shape index (κ1) is 21.7. The molecule has 0 saturated carbocycles. The highest BCUT2D eigenvalue weighted by molar-refractivity contribution is 7.86. The number of amides is 1. The Morgan fingerprint density at radius 3 is 2.18 bits per heavy atom. The zero-order valence-electron chi connectivity index (χ0n) is 16.3. The number of nitrogens with one attached hydrogen (secondary N) is 1. The van der Waals surface area contributed by atoms with E-state index in [-0.39, 0.29) is 12.4 Å². The van der Waals surface area contributed by atoms with Crippen LogP contribution < -0.4 is 9.50 Å². The number of hydrogen-bond donors (Lipinski definition) is 1. The molecule has 28 heavy (non-hydrogen) atoms. The molecule has 0 saturated heterocycles. The molecule has 2 aromatic rings. The number of carbonyl (C=O) groups excluding carboxylic acids is 1. The van der Waals surface area contributed by atoms with Gasteiger partial charge >= 0.3 is 16.2 Å². The van der Waals surface area contributed by atoms with Gasteiger partial charge in [0.15, 0.2) is 6.23 Å². The highest BCUT2D eigenvalue weighted by atomic mass is 32.2. The highest BCUT2D eigenvalue weighted by Crippen LogP contribution is 2.22. The number of benzene rings is 2. The first-order valence-electron chi connectivity index (χ1n) is 8.66.